The Balaban J connectivity index is 1.62. The zero-order valence-electron chi connectivity index (χ0n) is 17.0. The van der Waals surface area contributed by atoms with Crippen molar-refractivity contribution in [3.05, 3.63) is 53.7 Å². The fourth-order valence-corrected chi connectivity index (χ4v) is 3.28. The van der Waals surface area contributed by atoms with Crippen molar-refractivity contribution in [3.63, 3.8) is 0 Å². The number of carbonyl (C=O) groups is 1. The van der Waals surface area contributed by atoms with Gasteiger partial charge < -0.3 is 15.4 Å². The van der Waals surface area contributed by atoms with Gasteiger partial charge in [-0.05, 0) is 29.2 Å². The van der Waals surface area contributed by atoms with E-state index in [1.54, 1.807) is 18.3 Å². The molecule has 1 fully saturated rings. The molecular weight excluding hydrogens is 352 g/mol. The predicted molar refractivity (Wildman–Crippen MR) is 112 cm³/mol. The van der Waals surface area contributed by atoms with Crippen LogP contribution in [0.2, 0.25) is 0 Å². The summed E-state index contributed by atoms with van der Waals surface area (Å²) >= 11 is 0. The molecule has 0 aliphatic carbocycles. The van der Waals surface area contributed by atoms with Gasteiger partial charge in [-0.25, -0.2) is 4.98 Å². The summed E-state index contributed by atoms with van der Waals surface area (Å²) in [4.78, 5) is 19.2. The van der Waals surface area contributed by atoms with Crippen LogP contribution in [0, 0.1) is 0 Å². The number of carbonyl (C=O) groups excluding carboxylic acids is 1. The Hall–Kier alpha value is -2.44. The quantitative estimate of drug-likeness (QED) is 0.803. The predicted octanol–water partition coefficient (Wildman–Crippen LogP) is 3.18. The number of para-hydroxylation sites is 1. The van der Waals surface area contributed by atoms with Crippen molar-refractivity contribution >= 4 is 17.4 Å². The molecule has 0 spiro atoms. The second kappa shape index (κ2) is 9.17. The third-order valence-corrected chi connectivity index (χ3v) is 4.84. The van der Waals surface area contributed by atoms with E-state index in [0.29, 0.717) is 17.9 Å². The van der Waals surface area contributed by atoms with Crippen molar-refractivity contribution in [2.45, 2.75) is 26.2 Å². The highest BCUT2D eigenvalue weighted by molar-refractivity contribution is 5.94. The smallest absolute Gasteiger partial charge is 0.251 e. The van der Waals surface area contributed by atoms with Crippen molar-refractivity contribution in [3.8, 4) is 0 Å². The van der Waals surface area contributed by atoms with E-state index in [1.165, 1.54) is 5.56 Å². The molecule has 0 atom stereocenters. The van der Waals surface area contributed by atoms with Gasteiger partial charge in [-0.15, -0.1) is 0 Å². The van der Waals surface area contributed by atoms with Gasteiger partial charge in [-0.3, -0.25) is 9.69 Å². The van der Waals surface area contributed by atoms with Crippen LogP contribution in [0.25, 0.3) is 0 Å². The highest BCUT2D eigenvalue weighted by atomic mass is 16.5. The molecule has 3 rings (SSSR count). The van der Waals surface area contributed by atoms with Gasteiger partial charge in [0.2, 0.25) is 0 Å². The first kappa shape index (κ1) is 20.3. The van der Waals surface area contributed by atoms with E-state index in [1.807, 2.05) is 18.2 Å². The number of rotatable bonds is 6. The number of hydrogen-bond donors (Lipinski definition) is 2. The lowest BCUT2D eigenvalue weighted by molar-refractivity contribution is 0.0383. The zero-order valence-corrected chi connectivity index (χ0v) is 17.0. The van der Waals surface area contributed by atoms with E-state index in [4.69, 9.17) is 4.74 Å². The van der Waals surface area contributed by atoms with Crippen LogP contribution in [0.5, 0.6) is 0 Å². The van der Waals surface area contributed by atoms with Crippen molar-refractivity contribution in [2.24, 2.45) is 0 Å². The summed E-state index contributed by atoms with van der Waals surface area (Å²) in [5, 5.41) is 6.36. The Morgan fingerprint density at radius 3 is 2.68 bits per heavy atom. The second-order valence-electron chi connectivity index (χ2n) is 8.06. The van der Waals surface area contributed by atoms with Gasteiger partial charge in [0, 0.05) is 43.6 Å². The SMILES string of the molecule is CC(C)(C)c1ccccc1Nc1cc(C(=O)NCCN2CCOCC2)ccn1. The van der Waals surface area contributed by atoms with Crippen molar-refractivity contribution in [1.82, 2.24) is 15.2 Å². The lowest BCUT2D eigenvalue weighted by atomic mass is 9.86. The summed E-state index contributed by atoms with van der Waals surface area (Å²) in [7, 11) is 0. The Kier molecular flexibility index (Phi) is 6.65. The normalized spacial score (nSPS) is 15.2. The van der Waals surface area contributed by atoms with Gasteiger partial charge in [0.25, 0.3) is 5.91 Å². The molecule has 1 aliphatic heterocycles. The van der Waals surface area contributed by atoms with Crippen LogP contribution in [0.4, 0.5) is 11.5 Å². The number of ether oxygens (including phenoxy) is 1. The van der Waals surface area contributed by atoms with E-state index in [9.17, 15) is 4.79 Å². The van der Waals surface area contributed by atoms with Gasteiger partial charge in [0.05, 0.1) is 13.2 Å². The van der Waals surface area contributed by atoms with Crippen LogP contribution in [0.15, 0.2) is 42.6 Å². The van der Waals surface area contributed by atoms with E-state index in [-0.39, 0.29) is 11.3 Å². The molecule has 1 saturated heterocycles. The van der Waals surface area contributed by atoms with Crippen LogP contribution >= 0.6 is 0 Å². The summed E-state index contributed by atoms with van der Waals surface area (Å²) in [5.41, 5.74) is 2.83. The first-order valence-electron chi connectivity index (χ1n) is 9.84. The topological polar surface area (TPSA) is 66.5 Å². The van der Waals surface area contributed by atoms with Gasteiger partial charge in [0.1, 0.15) is 5.82 Å². The number of amides is 1. The van der Waals surface area contributed by atoms with Crippen molar-refractivity contribution in [2.75, 3.05) is 44.7 Å². The van der Waals surface area contributed by atoms with E-state index in [2.05, 4.69) is 47.4 Å². The number of anilines is 2. The minimum atomic E-state index is -0.0807. The molecule has 0 radical (unpaired) electrons. The van der Waals surface area contributed by atoms with Crippen LogP contribution in [0.3, 0.4) is 0 Å². The van der Waals surface area contributed by atoms with Gasteiger partial charge >= 0.3 is 0 Å². The van der Waals surface area contributed by atoms with Crippen LogP contribution < -0.4 is 10.6 Å². The molecule has 0 unspecified atom stereocenters. The molecule has 1 aromatic heterocycles. The van der Waals surface area contributed by atoms with Crippen molar-refractivity contribution in [1.29, 1.82) is 0 Å². The summed E-state index contributed by atoms with van der Waals surface area (Å²) in [6.45, 7) is 11.4. The maximum Gasteiger partial charge on any atom is 0.251 e. The fraction of sp³-hybridized carbons (Fsp3) is 0.455. The summed E-state index contributed by atoms with van der Waals surface area (Å²) in [6, 6.07) is 11.7. The number of pyridine rings is 1. The average molecular weight is 383 g/mol. The van der Waals surface area contributed by atoms with Gasteiger partial charge in [0.15, 0.2) is 0 Å². The molecule has 28 heavy (non-hydrogen) atoms. The highest BCUT2D eigenvalue weighted by Crippen LogP contribution is 2.30. The molecule has 2 heterocycles. The Labute approximate surface area is 167 Å². The maximum atomic E-state index is 12.5. The average Bonchev–Trinajstić information content (AvgIpc) is 2.68. The van der Waals surface area contributed by atoms with Crippen LogP contribution in [-0.2, 0) is 10.2 Å². The van der Waals surface area contributed by atoms with Crippen LogP contribution in [-0.4, -0.2) is 55.2 Å². The van der Waals surface area contributed by atoms with Gasteiger partial charge in [-0.1, -0.05) is 39.0 Å². The standard InChI is InChI=1S/C22H30N4O2/c1-22(2,3)18-6-4-5-7-19(18)25-20-16-17(8-9-23-20)21(27)24-10-11-26-12-14-28-15-13-26/h4-9,16H,10-15H2,1-3H3,(H,23,25)(H,24,27). The Morgan fingerprint density at radius 1 is 1.18 bits per heavy atom. The number of benzene rings is 1. The molecule has 1 amide bonds. The summed E-state index contributed by atoms with van der Waals surface area (Å²) < 4.78 is 5.34. The molecule has 1 aliphatic rings. The lowest BCUT2D eigenvalue weighted by Gasteiger charge is -2.26. The zero-order chi connectivity index (χ0) is 20.0. The maximum absolute atomic E-state index is 12.5. The van der Waals surface area contributed by atoms with E-state index >= 15 is 0 Å². The molecule has 1 aromatic carbocycles. The molecule has 6 nitrogen and oxygen atoms in total. The molecule has 150 valence electrons. The summed E-state index contributed by atoms with van der Waals surface area (Å²) in [6.07, 6.45) is 1.67. The number of morpholine rings is 1. The number of aromatic nitrogens is 1. The fourth-order valence-electron chi connectivity index (χ4n) is 3.28. The first-order valence-corrected chi connectivity index (χ1v) is 9.84. The van der Waals surface area contributed by atoms with E-state index in [0.717, 1.165) is 38.5 Å². The monoisotopic (exact) mass is 382 g/mol. The Morgan fingerprint density at radius 2 is 1.93 bits per heavy atom. The lowest BCUT2D eigenvalue weighted by Crippen LogP contribution is -2.41. The highest BCUT2D eigenvalue weighted by Gasteiger charge is 2.18. The summed E-state index contributed by atoms with van der Waals surface area (Å²) in [5.74, 6) is 0.584. The van der Waals surface area contributed by atoms with Gasteiger partial charge in [-0.2, -0.15) is 0 Å². The minimum absolute atomic E-state index is 0.0120. The van der Waals surface area contributed by atoms with Crippen LogP contribution in [0.1, 0.15) is 36.7 Å². The molecule has 0 bridgehead atoms. The van der Waals surface area contributed by atoms with E-state index < -0.39 is 0 Å². The molecule has 2 aromatic rings. The van der Waals surface area contributed by atoms with Crippen molar-refractivity contribution < 1.29 is 9.53 Å². The third-order valence-electron chi connectivity index (χ3n) is 4.84. The first-order chi connectivity index (χ1) is 13.4. The largest absolute Gasteiger partial charge is 0.379 e. The number of nitrogens with zero attached hydrogens (tertiary/aromatic N) is 2. The molecule has 2 N–H and O–H groups in total. The minimum Gasteiger partial charge on any atom is -0.379 e. The number of nitrogens with one attached hydrogen (secondary N) is 2. The third kappa shape index (κ3) is 5.53. The number of hydrogen-bond acceptors (Lipinski definition) is 5. The molecule has 6 heteroatoms. The molecular formula is C22H30N4O2. The molecule has 0 saturated carbocycles. The Bertz CT molecular complexity index is 795. The second-order valence-corrected chi connectivity index (χ2v) is 8.06.